The summed E-state index contributed by atoms with van der Waals surface area (Å²) in [5, 5.41) is 15.3. The molecule has 1 unspecified atom stereocenters. The molecule has 0 aromatic heterocycles. The number of nitrogens with one attached hydrogen (secondary N) is 2. The first-order valence-corrected chi connectivity index (χ1v) is 10.8. The van der Waals surface area contributed by atoms with Gasteiger partial charge in [-0.3, -0.25) is 9.64 Å². The van der Waals surface area contributed by atoms with Crippen molar-refractivity contribution in [2.45, 2.75) is 59.4 Å². The highest BCUT2D eigenvalue weighted by Gasteiger charge is 2.30. The van der Waals surface area contributed by atoms with Gasteiger partial charge in [-0.05, 0) is 81.0 Å². The number of benzene rings is 2. The molecule has 0 saturated heterocycles. The fourth-order valence-electron chi connectivity index (χ4n) is 4.29. The van der Waals surface area contributed by atoms with Crippen LogP contribution in [-0.2, 0) is 9.53 Å². The molecule has 0 fully saturated rings. The second-order valence-corrected chi connectivity index (χ2v) is 9.13. The first-order valence-electron chi connectivity index (χ1n) is 10.8. The molecule has 1 heterocycles. The lowest BCUT2D eigenvalue weighted by molar-refractivity contribution is -0.114. The minimum absolute atomic E-state index is 0.0468. The number of hydrogen-bond donors (Lipinski definition) is 2. The average molecular weight is 448 g/mol. The van der Waals surface area contributed by atoms with E-state index in [0.29, 0.717) is 28.5 Å². The molecule has 0 bridgehead atoms. The molecular formula is C25H29N5O3. The van der Waals surface area contributed by atoms with Crippen LogP contribution in [0.15, 0.2) is 34.5 Å². The summed E-state index contributed by atoms with van der Waals surface area (Å²) in [7, 11) is 0. The van der Waals surface area contributed by atoms with E-state index in [0.717, 1.165) is 28.8 Å². The third-order valence-corrected chi connectivity index (χ3v) is 5.54. The molecule has 0 radical (unpaired) electrons. The van der Waals surface area contributed by atoms with E-state index in [-0.39, 0.29) is 18.2 Å². The third kappa shape index (κ3) is 5.55. The molecule has 33 heavy (non-hydrogen) atoms. The second kappa shape index (κ2) is 9.41. The van der Waals surface area contributed by atoms with Crippen molar-refractivity contribution in [1.82, 2.24) is 0 Å². The van der Waals surface area contributed by atoms with Crippen molar-refractivity contribution >= 4 is 34.6 Å². The van der Waals surface area contributed by atoms with E-state index in [2.05, 4.69) is 46.5 Å². The fraction of sp³-hybridized carbons (Fsp3) is 0.400. The predicted molar refractivity (Wildman–Crippen MR) is 128 cm³/mol. The van der Waals surface area contributed by atoms with E-state index in [1.54, 1.807) is 12.1 Å². The number of fused-ring (bicyclic) bond motifs is 1. The van der Waals surface area contributed by atoms with Crippen LogP contribution in [0.2, 0.25) is 0 Å². The zero-order valence-corrected chi connectivity index (χ0v) is 19.9. The van der Waals surface area contributed by atoms with Crippen molar-refractivity contribution in [2.24, 2.45) is 10.2 Å². The minimum atomic E-state index is -0.548. The molecular weight excluding hydrogens is 418 g/mol. The maximum absolute atomic E-state index is 12.1. The summed E-state index contributed by atoms with van der Waals surface area (Å²) in [4.78, 5) is 26.9. The smallest absolute Gasteiger partial charge is 0.359 e. The maximum atomic E-state index is 12.1. The summed E-state index contributed by atoms with van der Waals surface area (Å²) in [6.07, 6.45) is 0.972. The highest BCUT2D eigenvalue weighted by atomic mass is 16.5. The first kappa shape index (κ1) is 23.9. The highest BCUT2D eigenvalue weighted by Crippen LogP contribution is 2.43. The summed E-state index contributed by atoms with van der Waals surface area (Å²) in [6, 6.07) is 7.23. The van der Waals surface area contributed by atoms with Crippen LogP contribution >= 0.6 is 0 Å². The van der Waals surface area contributed by atoms with Crippen molar-refractivity contribution in [3.8, 4) is 0 Å². The Morgan fingerprint density at radius 1 is 1.21 bits per heavy atom. The molecule has 3 rings (SSSR count). The number of nitrogens with zero attached hydrogens (tertiary/aromatic N) is 3. The Balaban J connectivity index is 1.99. The van der Waals surface area contributed by atoms with Crippen molar-refractivity contribution in [3.05, 3.63) is 57.9 Å². The van der Waals surface area contributed by atoms with Gasteiger partial charge in [0.1, 0.15) is 5.69 Å². The minimum Gasteiger partial charge on any atom is -0.390 e. The Labute approximate surface area is 194 Å². The number of hydrogen-bond acceptors (Lipinski definition) is 6. The standard InChI is InChI=1S/C25H29N5O3/c1-14-8-18(24(32)33-13-26-7)9-15(2)23(14)30-29-22-10-19-16(3)12-25(5,6)28-20(19)11-21(22)27-17(4)31/h8-11,16,28H,12-13H2,1-6H3,(H,27,31). The van der Waals surface area contributed by atoms with Crippen LogP contribution in [0.4, 0.5) is 22.7 Å². The lowest BCUT2D eigenvalue weighted by Gasteiger charge is -2.38. The van der Waals surface area contributed by atoms with Gasteiger partial charge in [0.05, 0.1) is 16.9 Å². The summed E-state index contributed by atoms with van der Waals surface area (Å²) >= 11 is 0. The van der Waals surface area contributed by atoms with Crippen LogP contribution in [-0.4, -0.2) is 24.1 Å². The topological polar surface area (TPSA) is 96.5 Å². The molecule has 172 valence electrons. The van der Waals surface area contributed by atoms with Crippen molar-refractivity contribution < 1.29 is 14.3 Å². The lowest BCUT2D eigenvalue weighted by Crippen LogP contribution is -2.36. The Hall–Kier alpha value is -3.73. The quantitative estimate of drug-likeness (QED) is 0.314. The molecule has 2 aromatic rings. The lowest BCUT2D eigenvalue weighted by atomic mass is 9.81. The van der Waals surface area contributed by atoms with Gasteiger partial charge in [-0.2, -0.15) is 0 Å². The van der Waals surface area contributed by atoms with Gasteiger partial charge in [-0.15, -0.1) is 10.2 Å². The summed E-state index contributed by atoms with van der Waals surface area (Å²) in [5.41, 5.74) is 5.72. The highest BCUT2D eigenvalue weighted by molar-refractivity contribution is 5.93. The van der Waals surface area contributed by atoms with E-state index >= 15 is 0 Å². The van der Waals surface area contributed by atoms with Crippen LogP contribution in [0.25, 0.3) is 4.85 Å². The van der Waals surface area contributed by atoms with Gasteiger partial charge in [-0.1, -0.05) is 6.92 Å². The van der Waals surface area contributed by atoms with E-state index in [1.165, 1.54) is 6.92 Å². The number of amides is 1. The number of ether oxygens (including phenoxy) is 1. The number of aryl methyl sites for hydroxylation is 2. The zero-order valence-electron chi connectivity index (χ0n) is 19.9. The van der Waals surface area contributed by atoms with E-state index in [4.69, 9.17) is 11.3 Å². The molecule has 0 aliphatic carbocycles. The molecule has 8 nitrogen and oxygen atoms in total. The van der Waals surface area contributed by atoms with Crippen LogP contribution in [0, 0.1) is 20.4 Å². The second-order valence-electron chi connectivity index (χ2n) is 9.13. The average Bonchev–Trinajstić information content (AvgIpc) is 2.70. The van der Waals surface area contributed by atoms with Gasteiger partial charge in [0.2, 0.25) is 5.91 Å². The largest absolute Gasteiger partial charge is 0.390 e. The third-order valence-electron chi connectivity index (χ3n) is 5.54. The number of azo groups is 1. The molecule has 8 heteroatoms. The van der Waals surface area contributed by atoms with Crippen LogP contribution < -0.4 is 10.6 Å². The number of esters is 1. The Morgan fingerprint density at radius 2 is 1.88 bits per heavy atom. The maximum Gasteiger partial charge on any atom is 0.359 e. The van der Waals surface area contributed by atoms with E-state index in [1.807, 2.05) is 26.0 Å². The Bertz CT molecular complexity index is 1150. The Kier molecular flexibility index (Phi) is 6.82. The monoisotopic (exact) mass is 447 g/mol. The van der Waals surface area contributed by atoms with E-state index < -0.39 is 5.97 Å². The molecule has 1 aliphatic rings. The fourth-order valence-corrected chi connectivity index (χ4v) is 4.29. The molecule has 1 aliphatic heterocycles. The summed E-state index contributed by atoms with van der Waals surface area (Å²) in [6.45, 7) is 18.1. The predicted octanol–water partition coefficient (Wildman–Crippen LogP) is 6.41. The molecule has 2 N–H and O–H groups in total. The normalized spacial score (nSPS) is 16.5. The number of anilines is 2. The van der Waals surface area contributed by atoms with Crippen LogP contribution in [0.5, 0.6) is 0 Å². The molecule has 2 aromatic carbocycles. The molecule has 1 amide bonds. The van der Waals surface area contributed by atoms with Gasteiger partial charge in [-0.25, -0.2) is 11.4 Å². The van der Waals surface area contributed by atoms with Crippen molar-refractivity contribution in [2.75, 3.05) is 17.4 Å². The molecule has 0 saturated carbocycles. The number of rotatable bonds is 5. The zero-order chi connectivity index (χ0) is 24.3. The number of carbonyl (C=O) groups excluding carboxylic acids is 2. The number of carbonyl (C=O) groups is 2. The van der Waals surface area contributed by atoms with Gasteiger partial charge in [0, 0.05) is 18.2 Å². The van der Waals surface area contributed by atoms with Crippen molar-refractivity contribution in [1.29, 1.82) is 0 Å². The summed E-state index contributed by atoms with van der Waals surface area (Å²) < 4.78 is 4.89. The van der Waals surface area contributed by atoms with Gasteiger partial charge < -0.3 is 15.4 Å². The van der Waals surface area contributed by atoms with Gasteiger partial charge >= 0.3 is 12.7 Å². The molecule has 1 atom stereocenters. The first-order chi connectivity index (χ1) is 15.5. The Morgan fingerprint density at radius 3 is 2.48 bits per heavy atom. The molecule has 0 spiro atoms. The van der Waals surface area contributed by atoms with Crippen LogP contribution in [0.1, 0.15) is 67.1 Å². The van der Waals surface area contributed by atoms with Crippen LogP contribution in [0.3, 0.4) is 0 Å². The SMILES string of the molecule is [C-]#[N+]COC(=O)c1cc(C)c(N=Nc2cc3c(cc2NC(C)=O)NC(C)(C)CC3C)c(C)c1. The summed E-state index contributed by atoms with van der Waals surface area (Å²) in [5.74, 6) is -0.419. The van der Waals surface area contributed by atoms with E-state index in [9.17, 15) is 9.59 Å². The van der Waals surface area contributed by atoms with Gasteiger partial charge in [0.25, 0.3) is 0 Å². The van der Waals surface area contributed by atoms with Gasteiger partial charge in [0.15, 0.2) is 0 Å². The van der Waals surface area contributed by atoms with Crippen molar-refractivity contribution in [3.63, 3.8) is 0 Å².